The summed E-state index contributed by atoms with van der Waals surface area (Å²) in [5.74, 6) is 1.98. The first kappa shape index (κ1) is 14.7. The van der Waals surface area contributed by atoms with Crippen LogP contribution < -0.4 is 4.74 Å². The number of benzene rings is 1. The number of ether oxygens (including phenoxy) is 2. The lowest BCUT2D eigenvalue weighted by Gasteiger charge is -2.32. The number of hydrogen-bond acceptors (Lipinski definition) is 5. The van der Waals surface area contributed by atoms with Crippen LogP contribution >= 0.6 is 0 Å². The van der Waals surface area contributed by atoms with E-state index in [0.29, 0.717) is 0 Å². The highest BCUT2D eigenvalue weighted by atomic mass is 16.5. The Labute approximate surface area is 136 Å². The van der Waals surface area contributed by atoms with Gasteiger partial charge in [-0.25, -0.2) is 0 Å². The molecule has 122 valence electrons. The number of hydrogen-bond donors (Lipinski definition) is 0. The highest BCUT2D eigenvalue weighted by Gasteiger charge is 2.26. The van der Waals surface area contributed by atoms with Crippen LogP contribution in [-0.2, 0) is 24.2 Å². The Kier molecular flexibility index (Phi) is 4.01. The van der Waals surface area contributed by atoms with Crippen LogP contribution in [-0.4, -0.2) is 46.0 Å². The Morgan fingerprint density at radius 3 is 3.17 bits per heavy atom. The largest absolute Gasteiger partial charge is 0.493 e. The number of rotatable bonds is 4. The molecular weight excluding hydrogens is 292 g/mol. The second-order valence-electron chi connectivity index (χ2n) is 6.11. The van der Waals surface area contributed by atoms with Crippen molar-refractivity contribution in [3.05, 3.63) is 41.5 Å². The fourth-order valence-electron chi connectivity index (χ4n) is 3.36. The molecule has 0 N–H and O–H groups in total. The third-order valence-electron chi connectivity index (χ3n) is 4.58. The lowest BCUT2D eigenvalue weighted by molar-refractivity contribution is -0.0388. The molecule has 0 unspecified atom stereocenters. The Bertz CT molecular complexity index is 685. The van der Waals surface area contributed by atoms with Crippen molar-refractivity contribution in [3.63, 3.8) is 0 Å². The van der Waals surface area contributed by atoms with Crippen molar-refractivity contribution in [2.24, 2.45) is 0 Å². The molecule has 6 heteroatoms. The number of aromatic nitrogens is 3. The number of nitrogens with zero attached hydrogens (tertiary/aromatic N) is 4. The summed E-state index contributed by atoms with van der Waals surface area (Å²) in [6.45, 7) is 7.25. The molecule has 1 saturated heterocycles. The molecule has 1 aromatic carbocycles. The summed E-state index contributed by atoms with van der Waals surface area (Å²) in [6.07, 6.45) is 2.80. The van der Waals surface area contributed by atoms with Crippen molar-refractivity contribution in [3.8, 4) is 5.75 Å². The predicted octanol–water partition coefficient (Wildman–Crippen LogP) is 1.81. The molecular formula is C17H22N4O2. The third kappa shape index (κ3) is 2.96. The zero-order valence-corrected chi connectivity index (χ0v) is 13.4. The van der Waals surface area contributed by atoms with E-state index in [1.54, 1.807) is 6.33 Å². The molecule has 3 heterocycles. The van der Waals surface area contributed by atoms with Crippen LogP contribution in [0.25, 0.3) is 0 Å². The van der Waals surface area contributed by atoms with Gasteiger partial charge in [0.25, 0.3) is 0 Å². The monoisotopic (exact) mass is 314 g/mol. The summed E-state index contributed by atoms with van der Waals surface area (Å²) in [5, 5.41) is 8.26. The first-order valence-electron chi connectivity index (χ1n) is 8.29. The molecule has 0 amide bonds. The molecule has 23 heavy (non-hydrogen) atoms. The zero-order chi connectivity index (χ0) is 15.6. The van der Waals surface area contributed by atoms with Crippen LogP contribution in [0.1, 0.15) is 30.0 Å². The van der Waals surface area contributed by atoms with Crippen molar-refractivity contribution in [1.82, 2.24) is 19.7 Å². The van der Waals surface area contributed by atoms with E-state index in [4.69, 9.17) is 9.47 Å². The van der Waals surface area contributed by atoms with Gasteiger partial charge in [0.1, 0.15) is 18.2 Å². The van der Waals surface area contributed by atoms with Gasteiger partial charge in [0.05, 0.1) is 13.2 Å². The molecule has 0 bridgehead atoms. The van der Waals surface area contributed by atoms with Gasteiger partial charge in [-0.05, 0) is 24.1 Å². The molecule has 6 nitrogen and oxygen atoms in total. The van der Waals surface area contributed by atoms with Gasteiger partial charge in [-0.1, -0.05) is 12.1 Å². The van der Waals surface area contributed by atoms with Crippen LogP contribution in [0.5, 0.6) is 5.75 Å². The van der Waals surface area contributed by atoms with Crippen molar-refractivity contribution < 1.29 is 9.47 Å². The molecule has 0 saturated carbocycles. The van der Waals surface area contributed by atoms with Gasteiger partial charge < -0.3 is 14.0 Å². The summed E-state index contributed by atoms with van der Waals surface area (Å²) in [5.41, 5.74) is 2.67. The van der Waals surface area contributed by atoms with Gasteiger partial charge in [-0.15, -0.1) is 10.2 Å². The van der Waals surface area contributed by atoms with E-state index in [0.717, 1.165) is 57.4 Å². The summed E-state index contributed by atoms with van der Waals surface area (Å²) in [6, 6.07) is 6.55. The molecule has 2 aromatic rings. The first-order chi connectivity index (χ1) is 11.3. The Morgan fingerprint density at radius 1 is 1.30 bits per heavy atom. The standard InChI is InChI=1S/C17H22N4O2/c1-2-21-12-18-19-17(21)16-11-20(6-8-23-16)10-13-3-4-15-14(9-13)5-7-22-15/h3-4,9,12,16H,2,5-8,10-11H2,1H3/t16-/m1/s1. The molecule has 1 aromatic heterocycles. The normalized spacial score (nSPS) is 21.2. The number of fused-ring (bicyclic) bond motifs is 1. The summed E-state index contributed by atoms with van der Waals surface area (Å²) in [4.78, 5) is 2.43. The van der Waals surface area contributed by atoms with Crippen LogP contribution in [0.15, 0.2) is 24.5 Å². The molecule has 0 aliphatic carbocycles. The minimum absolute atomic E-state index is 0.00367. The smallest absolute Gasteiger partial charge is 0.163 e. The van der Waals surface area contributed by atoms with Gasteiger partial charge in [0, 0.05) is 32.6 Å². The van der Waals surface area contributed by atoms with Crippen LogP contribution in [0.4, 0.5) is 0 Å². The quantitative estimate of drug-likeness (QED) is 0.861. The fraction of sp³-hybridized carbons (Fsp3) is 0.529. The van der Waals surface area contributed by atoms with Crippen molar-refractivity contribution >= 4 is 0 Å². The van der Waals surface area contributed by atoms with Crippen molar-refractivity contribution in [1.29, 1.82) is 0 Å². The second-order valence-corrected chi connectivity index (χ2v) is 6.11. The SMILES string of the molecule is CCn1cnnc1[C@H]1CN(Cc2ccc3c(c2)CCO3)CCO1. The maximum absolute atomic E-state index is 5.92. The summed E-state index contributed by atoms with van der Waals surface area (Å²) >= 11 is 0. The van der Waals surface area contributed by atoms with Gasteiger partial charge in [-0.3, -0.25) is 4.90 Å². The average Bonchev–Trinajstić information content (AvgIpc) is 3.23. The van der Waals surface area contributed by atoms with Crippen molar-refractivity contribution in [2.45, 2.75) is 32.5 Å². The van der Waals surface area contributed by atoms with E-state index in [9.17, 15) is 0 Å². The lowest BCUT2D eigenvalue weighted by Crippen LogP contribution is -2.38. The van der Waals surface area contributed by atoms with E-state index >= 15 is 0 Å². The fourth-order valence-corrected chi connectivity index (χ4v) is 3.36. The first-order valence-corrected chi connectivity index (χ1v) is 8.29. The molecule has 0 spiro atoms. The molecule has 2 aliphatic heterocycles. The average molecular weight is 314 g/mol. The molecule has 1 fully saturated rings. The number of aryl methyl sites for hydroxylation is 1. The van der Waals surface area contributed by atoms with E-state index in [-0.39, 0.29) is 6.10 Å². The number of morpholine rings is 1. The van der Waals surface area contributed by atoms with Gasteiger partial charge in [0.2, 0.25) is 0 Å². The van der Waals surface area contributed by atoms with Crippen LogP contribution in [0.2, 0.25) is 0 Å². The Morgan fingerprint density at radius 2 is 2.26 bits per heavy atom. The minimum atomic E-state index is 0.00367. The van der Waals surface area contributed by atoms with E-state index < -0.39 is 0 Å². The third-order valence-corrected chi connectivity index (χ3v) is 4.58. The topological polar surface area (TPSA) is 52.4 Å². The lowest BCUT2D eigenvalue weighted by atomic mass is 10.1. The molecule has 0 radical (unpaired) electrons. The van der Waals surface area contributed by atoms with Gasteiger partial charge in [-0.2, -0.15) is 0 Å². The van der Waals surface area contributed by atoms with Crippen LogP contribution in [0, 0.1) is 0 Å². The minimum Gasteiger partial charge on any atom is -0.493 e. The van der Waals surface area contributed by atoms with E-state index in [2.05, 4.69) is 44.8 Å². The van der Waals surface area contributed by atoms with E-state index in [1.165, 1.54) is 11.1 Å². The highest BCUT2D eigenvalue weighted by molar-refractivity contribution is 5.39. The zero-order valence-electron chi connectivity index (χ0n) is 13.4. The summed E-state index contributed by atoms with van der Waals surface area (Å²) < 4.78 is 13.6. The highest BCUT2D eigenvalue weighted by Crippen LogP contribution is 2.27. The molecule has 1 atom stereocenters. The van der Waals surface area contributed by atoms with Crippen LogP contribution in [0.3, 0.4) is 0 Å². The van der Waals surface area contributed by atoms with Gasteiger partial charge >= 0.3 is 0 Å². The molecule has 4 rings (SSSR count). The Balaban J connectivity index is 1.45. The second kappa shape index (κ2) is 6.29. The Hall–Kier alpha value is -1.92. The van der Waals surface area contributed by atoms with Gasteiger partial charge in [0.15, 0.2) is 5.82 Å². The van der Waals surface area contributed by atoms with E-state index in [1.807, 2.05) is 0 Å². The van der Waals surface area contributed by atoms with Crippen molar-refractivity contribution in [2.75, 3.05) is 26.3 Å². The summed E-state index contributed by atoms with van der Waals surface area (Å²) in [7, 11) is 0. The predicted molar refractivity (Wildman–Crippen MR) is 85.3 cm³/mol. The maximum Gasteiger partial charge on any atom is 0.163 e. The maximum atomic E-state index is 5.92. The molecule has 2 aliphatic rings.